The highest BCUT2D eigenvalue weighted by Crippen LogP contribution is 2.17. The minimum atomic E-state index is -0.790. The Morgan fingerprint density at radius 2 is 1.92 bits per heavy atom. The maximum absolute atomic E-state index is 13.4. The Hall–Kier alpha value is -2.44. The van der Waals surface area contributed by atoms with Crippen molar-refractivity contribution in [3.8, 4) is 0 Å². The van der Waals surface area contributed by atoms with Crippen LogP contribution in [0.3, 0.4) is 0 Å². The number of imide groups is 1. The summed E-state index contributed by atoms with van der Waals surface area (Å²) in [6.07, 6.45) is 0. The summed E-state index contributed by atoms with van der Waals surface area (Å²) in [6.45, 7) is 1.80. The van der Waals surface area contributed by atoms with Gasteiger partial charge in [0, 0.05) is 11.1 Å². The van der Waals surface area contributed by atoms with Gasteiger partial charge in [0.25, 0.3) is 0 Å². The van der Waals surface area contributed by atoms with Gasteiger partial charge in [-0.1, -0.05) is 35.9 Å². The highest BCUT2D eigenvalue weighted by Gasteiger charge is 2.12. The fourth-order valence-electron chi connectivity index (χ4n) is 2.03. The Balaban J connectivity index is 1.80. The van der Waals surface area contributed by atoms with E-state index in [1.54, 1.807) is 18.2 Å². The van der Waals surface area contributed by atoms with Crippen molar-refractivity contribution in [3.63, 3.8) is 0 Å². The lowest BCUT2D eigenvalue weighted by atomic mass is 10.1. The van der Waals surface area contributed by atoms with Crippen molar-refractivity contribution in [2.45, 2.75) is 13.0 Å². The second kappa shape index (κ2) is 8.42. The number of carbonyl (C=O) groups is 2. The lowest BCUT2D eigenvalue weighted by Crippen LogP contribution is -2.40. The van der Waals surface area contributed by atoms with Gasteiger partial charge in [-0.15, -0.1) is 0 Å². The van der Waals surface area contributed by atoms with Gasteiger partial charge in [0.15, 0.2) is 0 Å². The summed E-state index contributed by atoms with van der Waals surface area (Å²) in [7, 11) is 0. The largest absolute Gasteiger partial charge is 0.326 e. The fraction of sp³-hybridized carbons (Fsp3) is 0.176. The topological polar surface area (TPSA) is 70.2 Å². The number of nitrogens with one attached hydrogen (secondary N) is 3. The molecule has 3 N–H and O–H groups in total. The van der Waals surface area contributed by atoms with Gasteiger partial charge in [0.05, 0.1) is 12.2 Å². The Kier molecular flexibility index (Phi) is 6.28. The summed E-state index contributed by atoms with van der Waals surface area (Å²) in [6, 6.07) is 12.0. The van der Waals surface area contributed by atoms with Gasteiger partial charge in [-0.3, -0.25) is 10.1 Å². The van der Waals surface area contributed by atoms with Crippen LogP contribution in [0, 0.1) is 5.82 Å². The van der Waals surface area contributed by atoms with Gasteiger partial charge >= 0.3 is 6.03 Å². The summed E-state index contributed by atoms with van der Waals surface area (Å²) in [4.78, 5) is 23.5. The quantitative estimate of drug-likeness (QED) is 0.774. The third kappa shape index (κ3) is 5.33. The molecule has 2 rings (SSSR count). The molecule has 0 aromatic heterocycles. The summed E-state index contributed by atoms with van der Waals surface area (Å²) in [5.74, 6) is -1.11. The molecule has 126 valence electrons. The van der Waals surface area contributed by atoms with Crippen LogP contribution in [0.15, 0.2) is 48.5 Å². The number of amides is 3. The summed E-state index contributed by atoms with van der Waals surface area (Å²) < 4.78 is 13.4. The van der Waals surface area contributed by atoms with E-state index in [0.29, 0.717) is 5.02 Å². The molecule has 0 aliphatic rings. The zero-order valence-corrected chi connectivity index (χ0v) is 13.7. The molecule has 2 aromatic carbocycles. The molecule has 0 bridgehead atoms. The normalized spacial score (nSPS) is 11.6. The molecule has 7 heteroatoms. The fourth-order valence-corrected chi connectivity index (χ4v) is 2.23. The number of anilines is 1. The molecule has 0 spiro atoms. The van der Waals surface area contributed by atoms with E-state index in [4.69, 9.17) is 11.6 Å². The van der Waals surface area contributed by atoms with E-state index < -0.39 is 17.8 Å². The maximum atomic E-state index is 13.4. The van der Waals surface area contributed by atoms with Crippen LogP contribution in [0.1, 0.15) is 18.5 Å². The van der Waals surface area contributed by atoms with Gasteiger partial charge in [-0.25, -0.2) is 9.18 Å². The summed E-state index contributed by atoms with van der Waals surface area (Å²) in [5, 5.41) is 7.99. The monoisotopic (exact) mass is 349 g/mol. The van der Waals surface area contributed by atoms with Crippen LogP contribution in [0.2, 0.25) is 5.02 Å². The number of carbonyl (C=O) groups excluding carboxylic acids is 2. The zero-order chi connectivity index (χ0) is 17.5. The first-order valence-electron chi connectivity index (χ1n) is 7.30. The van der Waals surface area contributed by atoms with Gasteiger partial charge < -0.3 is 10.6 Å². The van der Waals surface area contributed by atoms with Crippen molar-refractivity contribution in [1.82, 2.24) is 10.6 Å². The van der Waals surface area contributed by atoms with Crippen molar-refractivity contribution in [3.05, 3.63) is 64.9 Å². The van der Waals surface area contributed by atoms with Crippen LogP contribution in [0.25, 0.3) is 0 Å². The number of hydrogen-bond acceptors (Lipinski definition) is 3. The average Bonchev–Trinajstić information content (AvgIpc) is 2.54. The number of rotatable bonds is 5. The lowest BCUT2D eigenvalue weighted by molar-refractivity contribution is -0.119. The number of halogens is 2. The van der Waals surface area contributed by atoms with Crippen molar-refractivity contribution in [2.75, 3.05) is 11.9 Å². The van der Waals surface area contributed by atoms with Crippen LogP contribution < -0.4 is 16.0 Å². The molecule has 1 atom stereocenters. The van der Waals surface area contributed by atoms with Gasteiger partial charge in [0.1, 0.15) is 5.82 Å². The number of hydrogen-bond donors (Lipinski definition) is 3. The smallest absolute Gasteiger partial charge is 0.305 e. The molecule has 0 aliphatic heterocycles. The highest BCUT2D eigenvalue weighted by molar-refractivity contribution is 6.30. The molecular weight excluding hydrogens is 333 g/mol. The molecule has 0 radical (unpaired) electrons. The van der Waals surface area contributed by atoms with E-state index in [1.807, 2.05) is 19.1 Å². The Bertz CT molecular complexity index is 739. The Morgan fingerprint density at radius 3 is 2.62 bits per heavy atom. The van der Waals surface area contributed by atoms with Crippen LogP contribution in [0.4, 0.5) is 14.9 Å². The third-order valence-corrected chi connectivity index (χ3v) is 3.53. The molecule has 0 heterocycles. The predicted molar refractivity (Wildman–Crippen MR) is 91.4 cm³/mol. The van der Waals surface area contributed by atoms with E-state index in [9.17, 15) is 14.0 Å². The van der Waals surface area contributed by atoms with E-state index in [2.05, 4.69) is 16.0 Å². The lowest BCUT2D eigenvalue weighted by Gasteiger charge is -2.14. The SMILES string of the molecule is C[C@H](NCC(=O)NC(=O)Nc1ccccc1F)c1cccc(Cl)c1. The molecule has 0 unspecified atom stereocenters. The van der Waals surface area contributed by atoms with Crippen molar-refractivity contribution in [2.24, 2.45) is 0 Å². The van der Waals surface area contributed by atoms with Gasteiger partial charge in [-0.2, -0.15) is 0 Å². The summed E-state index contributed by atoms with van der Waals surface area (Å²) >= 11 is 5.92. The maximum Gasteiger partial charge on any atom is 0.326 e. The summed E-state index contributed by atoms with van der Waals surface area (Å²) in [5.41, 5.74) is 0.925. The van der Waals surface area contributed by atoms with Crippen LogP contribution in [-0.4, -0.2) is 18.5 Å². The predicted octanol–water partition coefficient (Wildman–Crippen LogP) is 3.48. The van der Waals surface area contributed by atoms with E-state index >= 15 is 0 Å². The first-order valence-corrected chi connectivity index (χ1v) is 7.67. The molecule has 5 nitrogen and oxygen atoms in total. The molecule has 24 heavy (non-hydrogen) atoms. The van der Waals surface area contributed by atoms with Crippen LogP contribution in [0.5, 0.6) is 0 Å². The van der Waals surface area contributed by atoms with Crippen molar-refractivity contribution in [1.29, 1.82) is 0 Å². The van der Waals surface area contributed by atoms with E-state index in [1.165, 1.54) is 18.2 Å². The van der Waals surface area contributed by atoms with Gasteiger partial charge in [-0.05, 0) is 36.8 Å². The molecule has 0 aliphatic carbocycles. The zero-order valence-electron chi connectivity index (χ0n) is 13.0. The first-order chi connectivity index (χ1) is 11.5. The standard InChI is InChI=1S/C17H17ClFN3O2/c1-11(12-5-4-6-13(18)9-12)20-10-16(23)22-17(24)21-15-8-3-2-7-14(15)19/h2-9,11,20H,10H2,1H3,(H2,21,22,23,24)/t11-/m0/s1. The Labute approximate surface area is 144 Å². The molecular formula is C17H17ClFN3O2. The average molecular weight is 350 g/mol. The highest BCUT2D eigenvalue weighted by atomic mass is 35.5. The van der Waals surface area contributed by atoms with Crippen LogP contribution >= 0.6 is 11.6 Å². The van der Waals surface area contributed by atoms with Crippen molar-refractivity contribution < 1.29 is 14.0 Å². The van der Waals surface area contributed by atoms with E-state index in [0.717, 1.165) is 5.56 Å². The molecule has 3 amide bonds. The minimum Gasteiger partial charge on any atom is -0.305 e. The van der Waals surface area contributed by atoms with Crippen LogP contribution in [-0.2, 0) is 4.79 Å². The number of benzene rings is 2. The Morgan fingerprint density at radius 1 is 1.17 bits per heavy atom. The third-order valence-electron chi connectivity index (χ3n) is 3.29. The number of urea groups is 1. The molecule has 0 fully saturated rings. The van der Waals surface area contributed by atoms with E-state index in [-0.39, 0.29) is 18.3 Å². The minimum absolute atomic E-state index is 0.00283. The number of para-hydroxylation sites is 1. The van der Waals surface area contributed by atoms with Crippen molar-refractivity contribution >= 4 is 29.2 Å². The molecule has 0 saturated carbocycles. The van der Waals surface area contributed by atoms with Gasteiger partial charge in [0.2, 0.25) is 5.91 Å². The second-order valence-corrected chi connectivity index (χ2v) is 5.58. The first kappa shape index (κ1) is 17.9. The second-order valence-electron chi connectivity index (χ2n) is 5.14. The molecule has 2 aromatic rings. The molecule has 0 saturated heterocycles.